The van der Waals surface area contributed by atoms with Crippen molar-refractivity contribution in [1.82, 2.24) is 9.80 Å². The number of hydrogen-bond acceptors (Lipinski definition) is 4. The van der Waals surface area contributed by atoms with Crippen LogP contribution in [0.4, 0.5) is 0 Å². The minimum atomic E-state index is -0.0426. The van der Waals surface area contributed by atoms with Crippen molar-refractivity contribution in [3.05, 3.63) is 94.4 Å². The summed E-state index contributed by atoms with van der Waals surface area (Å²) in [7, 11) is 4.01. The first-order valence-electron chi connectivity index (χ1n) is 9.75. The van der Waals surface area contributed by atoms with E-state index in [1.54, 1.807) is 36.4 Å². The van der Waals surface area contributed by atoms with E-state index < -0.39 is 0 Å². The summed E-state index contributed by atoms with van der Waals surface area (Å²) in [5.74, 6) is 1.84. The van der Waals surface area contributed by atoms with Crippen LogP contribution >= 0.6 is 0 Å². The summed E-state index contributed by atoms with van der Waals surface area (Å²) in [6.45, 7) is 1.93. The number of carbonyl (C=O) groups is 2. The van der Waals surface area contributed by atoms with Crippen molar-refractivity contribution in [2.75, 3.05) is 20.6 Å². The van der Waals surface area contributed by atoms with Gasteiger partial charge in [0.2, 0.25) is 0 Å². The maximum atomic E-state index is 12.9. The predicted octanol–water partition coefficient (Wildman–Crippen LogP) is 3.77. The van der Waals surface area contributed by atoms with Crippen LogP contribution < -0.4 is 0 Å². The number of amides is 1. The van der Waals surface area contributed by atoms with Gasteiger partial charge in [0, 0.05) is 41.8 Å². The second-order valence-corrected chi connectivity index (χ2v) is 7.65. The molecule has 1 amide bonds. The van der Waals surface area contributed by atoms with Gasteiger partial charge in [-0.05, 0) is 32.3 Å². The fraction of sp³-hybridized carbons (Fsp3) is 0.250. The Morgan fingerprint density at radius 2 is 1.62 bits per heavy atom. The fourth-order valence-corrected chi connectivity index (χ4v) is 3.66. The number of carbonyl (C=O) groups excluding carboxylic acids is 2. The van der Waals surface area contributed by atoms with Gasteiger partial charge in [-0.2, -0.15) is 0 Å². The summed E-state index contributed by atoms with van der Waals surface area (Å²) >= 11 is 0. The molecule has 1 aromatic heterocycles. The molecule has 0 saturated carbocycles. The number of furan rings is 1. The maximum absolute atomic E-state index is 12.9. The molecule has 0 radical (unpaired) electrons. The molecule has 0 unspecified atom stereocenters. The van der Waals surface area contributed by atoms with E-state index in [2.05, 4.69) is 11.0 Å². The Bertz CT molecular complexity index is 1020. The summed E-state index contributed by atoms with van der Waals surface area (Å²) in [6, 6.07) is 18.1. The first-order chi connectivity index (χ1) is 14.0. The third-order valence-electron chi connectivity index (χ3n) is 5.11. The molecule has 5 heteroatoms. The van der Waals surface area contributed by atoms with E-state index in [0.717, 1.165) is 30.0 Å². The van der Waals surface area contributed by atoms with Gasteiger partial charge in [-0.3, -0.25) is 9.59 Å². The van der Waals surface area contributed by atoms with E-state index in [1.807, 2.05) is 37.2 Å². The Hall–Kier alpha value is -3.18. The molecule has 0 atom stereocenters. The Balaban J connectivity index is 1.46. The molecule has 0 aliphatic carbocycles. The molecule has 0 bridgehead atoms. The standard InChI is InChI=1S/C24H24N2O3/c1-25(2)16-21-14-20-15-26(13-12-22(20)29-21)24(28)19-10-8-18(9-11-19)23(27)17-6-4-3-5-7-17/h3-11,14H,12-13,15-16H2,1-2H3. The summed E-state index contributed by atoms with van der Waals surface area (Å²) in [5, 5.41) is 0. The van der Waals surface area contributed by atoms with Crippen LogP contribution in [-0.2, 0) is 19.5 Å². The number of benzene rings is 2. The third-order valence-corrected chi connectivity index (χ3v) is 5.11. The van der Waals surface area contributed by atoms with Gasteiger partial charge in [-0.15, -0.1) is 0 Å². The highest BCUT2D eigenvalue weighted by molar-refractivity contribution is 6.09. The zero-order valence-corrected chi connectivity index (χ0v) is 16.7. The van der Waals surface area contributed by atoms with Crippen molar-refractivity contribution in [3.8, 4) is 0 Å². The molecule has 5 nitrogen and oxygen atoms in total. The van der Waals surface area contributed by atoms with Crippen LogP contribution in [0.5, 0.6) is 0 Å². The van der Waals surface area contributed by atoms with Crippen LogP contribution in [0.15, 0.2) is 65.1 Å². The highest BCUT2D eigenvalue weighted by Crippen LogP contribution is 2.25. The molecule has 29 heavy (non-hydrogen) atoms. The van der Waals surface area contributed by atoms with Crippen molar-refractivity contribution in [2.45, 2.75) is 19.5 Å². The zero-order valence-electron chi connectivity index (χ0n) is 16.7. The number of ketones is 1. The third kappa shape index (κ3) is 4.15. The number of nitrogens with zero attached hydrogens (tertiary/aromatic N) is 2. The van der Waals surface area contributed by atoms with Crippen molar-refractivity contribution < 1.29 is 14.0 Å². The van der Waals surface area contributed by atoms with Crippen LogP contribution in [0.3, 0.4) is 0 Å². The molecule has 0 spiro atoms. The largest absolute Gasteiger partial charge is 0.464 e. The molecule has 4 rings (SSSR count). The monoisotopic (exact) mass is 388 g/mol. The smallest absolute Gasteiger partial charge is 0.254 e. The molecular weight excluding hydrogens is 364 g/mol. The summed E-state index contributed by atoms with van der Waals surface area (Å²) in [5.41, 5.74) is 2.90. The lowest BCUT2D eigenvalue weighted by Crippen LogP contribution is -2.35. The lowest BCUT2D eigenvalue weighted by atomic mass is 10.0. The minimum Gasteiger partial charge on any atom is -0.464 e. The average Bonchev–Trinajstić information content (AvgIpc) is 3.14. The van der Waals surface area contributed by atoms with Crippen molar-refractivity contribution in [3.63, 3.8) is 0 Å². The molecule has 2 aromatic carbocycles. The first-order valence-corrected chi connectivity index (χ1v) is 9.75. The van der Waals surface area contributed by atoms with Crippen LogP contribution in [0, 0.1) is 0 Å². The molecule has 0 fully saturated rings. The molecule has 0 N–H and O–H groups in total. The second kappa shape index (κ2) is 8.05. The maximum Gasteiger partial charge on any atom is 0.254 e. The van der Waals surface area contributed by atoms with Crippen LogP contribution in [-0.4, -0.2) is 42.1 Å². The lowest BCUT2D eigenvalue weighted by Gasteiger charge is -2.26. The SMILES string of the molecule is CN(C)Cc1cc2c(o1)CCN(C(=O)c1ccc(C(=O)c3ccccc3)cc1)C2. The van der Waals surface area contributed by atoms with Gasteiger partial charge >= 0.3 is 0 Å². The van der Waals surface area contributed by atoms with Crippen molar-refractivity contribution in [2.24, 2.45) is 0 Å². The summed E-state index contributed by atoms with van der Waals surface area (Å²) in [6.07, 6.45) is 0.721. The van der Waals surface area contributed by atoms with Crippen LogP contribution in [0.1, 0.15) is 43.4 Å². The van der Waals surface area contributed by atoms with Gasteiger partial charge in [-0.1, -0.05) is 42.5 Å². The van der Waals surface area contributed by atoms with Gasteiger partial charge < -0.3 is 14.2 Å². The van der Waals surface area contributed by atoms with E-state index in [0.29, 0.717) is 29.8 Å². The molecule has 1 aliphatic heterocycles. The van der Waals surface area contributed by atoms with Gasteiger partial charge in [0.15, 0.2) is 5.78 Å². The second-order valence-electron chi connectivity index (χ2n) is 7.65. The Morgan fingerprint density at radius 3 is 2.31 bits per heavy atom. The summed E-state index contributed by atoms with van der Waals surface area (Å²) < 4.78 is 5.92. The molecule has 148 valence electrons. The van der Waals surface area contributed by atoms with Crippen molar-refractivity contribution in [1.29, 1.82) is 0 Å². The highest BCUT2D eigenvalue weighted by Gasteiger charge is 2.25. The topological polar surface area (TPSA) is 53.8 Å². The van der Waals surface area contributed by atoms with E-state index in [-0.39, 0.29) is 11.7 Å². The van der Waals surface area contributed by atoms with Gasteiger partial charge in [0.05, 0.1) is 6.54 Å². The lowest BCUT2D eigenvalue weighted by molar-refractivity contribution is 0.0729. The summed E-state index contributed by atoms with van der Waals surface area (Å²) in [4.78, 5) is 29.4. The average molecular weight is 388 g/mol. The predicted molar refractivity (Wildman–Crippen MR) is 111 cm³/mol. The van der Waals surface area contributed by atoms with E-state index in [1.165, 1.54) is 0 Å². The first kappa shape index (κ1) is 19.2. The minimum absolute atomic E-state index is 0.0234. The van der Waals surface area contributed by atoms with Gasteiger partial charge in [0.25, 0.3) is 5.91 Å². The normalized spacial score (nSPS) is 13.4. The Morgan fingerprint density at radius 1 is 0.966 bits per heavy atom. The van der Waals surface area contributed by atoms with Crippen LogP contribution in [0.25, 0.3) is 0 Å². The molecule has 3 aromatic rings. The Kier molecular flexibility index (Phi) is 5.32. The van der Waals surface area contributed by atoms with E-state index in [9.17, 15) is 9.59 Å². The van der Waals surface area contributed by atoms with Crippen LogP contribution in [0.2, 0.25) is 0 Å². The van der Waals surface area contributed by atoms with Gasteiger partial charge in [0.1, 0.15) is 11.5 Å². The van der Waals surface area contributed by atoms with E-state index >= 15 is 0 Å². The van der Waals surface area contributed by atoms with Gasteiger partial charge in [-0.25, -0.2) is 0 Å². The zero-order chi connectivity index (χ0) is 20.4. The fourth-order valence-electron chi connectivity index (χ4n) is 3.66. The number of hydrogen-bond donors (Lipinski definition) is 0. The van der Waals surface area contributed by atoms with Crippen molar-refractivity contribution >= 4 is 11.7 Å². The number of rotatable bonds is 5. The molecule has 0 saturated heterocycles. The molecule has 2 heterocycles. The Labute approximate surface area is 170 Å². The number of fused-ring (bicyclic) bond motifs is 1. The molecule has 1 aliphatic rings. The highest BCUT2D eigenvalue weighted by atomic mass is 16.3. The quantitative estimate of drug-likeness (QED) is 0.625. The van der Waals surface area contributed by atoms with E-state index in [4.69, 9.17) is 4.42 Å². The molecular formula is C24H24N2O3.